The molecule has 0 bridgehead atoms. The molecule has 0 spiro atoms. The van der Waals surface area contributed by atoms with Gasteiger partial charge in [-0.2, -0.15) is 0 Å². The Morgan fingerprint density at radius 3 is 2.42 bits per heavy atom. The molecule has 2 aromatic rings. The minimum absolute atomic E-state index is 0.0638. The molecule has 0 radical (unpaired) electrons. The molecular weight excluding hydrogens is 566 g/mol. The summed E-state index contributed by atoms with van der Waals surface area (Å²) in [5.74, 6) is -4.99. The van der Waals surface area contributed by atoms with Crippen LogP contribution < -0.4 is 4.74 Å². The fourth-order valence-corrected chi connectivity index (χ4v) is 5.89. The van der Waals surface area contributed by atoms with E-state index in [1.54, 1.807) is 11.8 Å². The van der Waals surface area contributed by atoms with Crippen molar-refractivity contribution in [1.29, 1.82) is 0 Å². The number of hydrogen-bond acceptors (Lipinski definition) is 6. The van der Waals surface area contributed by atoms with Gasteiger partial charge in [0.05, 0.1) is 39.0 Å². The summed E-state index contributed by atoms with van der Waals surface area (Å²) in [5, 5.41) is 0. The van der Waals surface area contributed by atoms with Gasteiger partial charge in [-0.15, -0.1) is 0 Å². The predicted octanol–water partition coefficient (Wildman–Crippen LogP) is 6.91. The number of esters is 1. The molecule has 43 heavy (non-hydrogen) atoms. The second-order valence-corrected chi connectivity index (χ2v) is 11.2. The number of ether oxygens (including phenoxy) is 4. The minimum Gasteiger partial charge on any atom is -0.493 e. The van der Waals surface area contributed by atoms with E-state index in [9.17, 15) is 13.6 Å². The van der Waals surface area contributed by atoms with E-state index in [0.29, 0.717) is 45.7 Å². The van der Waals surface area contributed by atoms with E-state index >= 15 is 8.78 Å². The Kier molecular flexibility index (Phi) is 11.6. The van der Waals surface area contributed by atoms with E-state index in [2.05, 4.69) is 0 Å². The lowest BCUT2D eigenvalue weighted by atomic mass is 9.84. The summed E-state index contributed by atoms with van der Waals surface area (Å²) in [6.45, 7) is 5.43. The number of halogens is 4. The number of benzene rings is 2. The van der Waals surface area contributed by atoms with Crippen LogP contribution >= 0.6 is 0 Å². The number of nitrogens with zero attached hydrogens (tertiary/aromatic N) is 1. The smallest absolute Gasteiger partial charge is 0.332 e. The quantitative estimate of drug-likeness (QED) is 0.117. The topological polar surface area (TPSA) is 57.2 Å². The van der Waals surface area contributed by atoms with Crippen LogP contribution in [0.4, 0.5) is 17.6 Å². The van der Waals surface area contributed by atoms with E-state index in [1.165, 1.54) is 0 Å². The van der Waals surface area contributed by atoms with Gasteiger partial charge in [-0.3, -0.25) is 4.90 Å². The van der Waals surface area contributed by atoms with Crippen molar-refractivity contribution in [2.24, 2.45) is 0 Å². The molecule has 2 aliphatic rings. The summed E-state index contributed by atoms with van der Waals surface area (Å²) < 4.78 is 81.1. The maximum absolute atomic E-state index is 15.7. The van der Waals surface area contributed by atoms with Crippen molar-refractivity contribution in [3.63, 3.8) is 0 Å². The average molecular weight is 608 g/mol. The predicted molar refractivity (Wildman–Crippen MR) is 155 cm³/mol. The zero-order valence-electron chi connectivity index (χ0n) is 25.1. The molecule has 0 amide bonds. The molecule has 6 nitrogen and oxygen atoms in total. The van der Waals surface area contributed by atoms with E-state index in [4.69, 9.17) is 18.9 Å². The first-order valence-corrected chi connectivity index (χ1v) is 15.0. The lowest BCUT2D eigenvalue weighted by Crippen LogP contribution is -2.46. The number of alkyl halides is 2. The fourth-order valence-electron chi connectivity index (χ4n) is 5.89. The molecule has 0 unspecified atom stereocenters. The highest BCUT2D eigenvalue weighted by atomic mass is 19.3. The number of hydrogen-bond donors (Lipinski definition) is 0. The third-order valence-electron chi connectivity index (χ3n) is 7.72. The Labute approximate surface area is 250 Å². The lowest BCUT2D eigenvalue weighted by Gasteiger charge is -2.43. The lowest BCUT2D eigenvalue weighted by molar-refractivity contribution is -0.148. The fraction of sp³-hybridized carbons (Fsp3) is 0.545. The Hall–Kier alpha value is -2.95. The van der Waals surface area contributed by atoms with Gasteiger partial charge < -0.3 is 18.9 Å². The van der Waals surface area contributed by atoms with E-state index in [0.717, 1.165) is 54.2 Å². The third-order valence-corrected chi connectivity index (χ3v) is 7.72. The zero-order valence-corrected chi connectivity index (χ0v) is 25.1. The molecular formula is C33H41F4NO5. The highest BCUT2D eigenvalue weighted by molar-refractivity contribution is 5.79. The van der Waals surface area contributed by atoms with Crippen molar-refractivity contribution in [1.82, 2.24) is 4.90 Å². The van der Waals surface area contributed by atoms with Crippen LogP contribution in [0, 0.1) is 11.6 Å². The Morgan fingerprint density at radius 2 is 1.70 bits per heavy atom. The van der Waals surface area contributed by atoms with Crippen LogP contribution in [0.2, 0.25) is 0 Å². The molecule has 1 heterocycles. The summed E-state index contributed by atoms with van der Waals surface area (Å²) >= 11 is 0. The Balaban J connectivity index is 1.33. The number of fused-ring (bicyclic) bond motifs is 2. The minimum atomic E-state index is -3.03. The van der Waals surface area contributed by atoms with Crippen LogP contribution in [0.3, 0.4) is 0 Å². The summed E-state index contributed by atoms with van der Waals surface area (Å²) in [7, 11) is 0. The van der Waals surface area contributed by atoms with Crippen LogP contribution in [0.25, 0.3) is 5.57 Å². The maximum Gasteiger partial charge on any atom is 0.332 e. The van der Waals surface area contributed by atoms with Crippen molar-refractivity contribution in [2.45, 2.75) is 70.9 Å². The second-order valence-electron chi connectivity index (χ2n) is 11.2. The molecule has 1 aliphatic heterocycles. The second kappa shape index (κ2) is 15.2. The zero-order chi connectivity index (χ0) is 31.0. The standard InChI is InChI=1S/C33H41F4NO5/c1-4-42-30(39)20-41-15-14-40-12-8-5-9-13-43-24-18-28(34)31(29(35)19-24)32-27-17-23-10-6-7-11-25(23)26(27)16-22(2)38(32)21-33(3,36)37/h6-7,10-11,18-19,22,32H,4-5,8-9,12-17,20-21H2,1-3H3/t22-,32+/m1/s1. The third kappa shape index (κ3) is 8.80. The molecule has 0 saturated heterocycles. The molecule has 236 valence electrons. The molecule has 1 aliphatic carbocycles. The first-order chi connectivity index (χ1) is 20.6. The SMILES string of the molecule is CCOC(=O)COCCOCCCCCOc1cc(F)c([C@@H]2C3=C(C[C@@H](C)N2CC(C)(F)F)c2ccccc2C3)c(F)c1. The van der Waals surface area contributed by atoms with Gasteiger partial charge in [0.25, 0.3) is 5.92 Å². The molecule has 4 rings (SSSR count). The van der Waals surface area contributed by atoms with Crippen molar-refractivity contribution < 1.29 is 41.3 Å². The molecule has 2 atom stereocenters. The number of unbranched alkanes of at least 4 members (excludes halogenated alkanes) is 2. The molecule has 2 aromatic carbocycles. The molecule has 10 heteroatoms. The van der Waals surface area contributed by atoms with Gasteiger partial charge in [-0.25, -0.2) is 22.4 Å². The van der Waals surface area contributed by atoms with E-state index in [-0.39, 0.29) is 30.6 Å². The van der Waals surface area contributed by atoms with Gasteiger partial charge in [0, 0.05) is 37.3 Å². The molecule has 0 aromatic heterocycles. The first-order valence-electron chi connectivity index (χ1n) is 15.0. The number of rotatable bonds is 16. The van der Waals surface area contributed by atoms with Gasteiger partial charge >= 0.3 is 5.97 Å². The van der Waals surface area contributed by atoms with Crippen molar-refractivity contribution >= 4 is 11.5 Å². The van der Waals surface area contributed by atoms with Gasteiger partial charge in [-0.05, 0) is 68.2 Å². The van der Waals surface area contributed by atoms with Gasteiger partial charge in [0.1, 0.15) is 24.0 Å². The largest absolute Gasteiger partial charge is 0.493 e. The van der Waals surface area contributed by atoms with Crippen molar-refractivity contribution in [3.8, 4) is 5.75 Å². The highest BCUT2D eigenvalue weighted by Gasteiger charge is 2.43. The Bertz CT molecular complexity index is 1260. The normalized spacial score (nSPS) is 18.5. The number of carbonyl (C=O) groups excluding carboxylic acids is 1. The van der Waals surface area contributed by atoms with Crippen LogP contribution in [0.1, 0.15) is 69.2 Å². The summed E-state index contributed by atoms with van der Waals surface area (Å²) in [4.78, 5) is 12.7. The van der Waals surface area contributed by atoms with Crippen LogP contribution in [-0.2, 0) is 25.4 Å². The average Bonchev–Trinajstić information content (AvgIpc) is 3.30. The first kappa shape index (κ1) is 33.0. The molecule has 0 N–H and O–H groups in total. The van der Waals surface area contributed by atoms with Crippen LogP contribution in [-0.4, -0.2) is 69.0 Å². The van der Waals surface area contributed by atoms with Gasteiger partial charge in [0.15, 0.2) is 0 Å². The van der Waals surface area contributed by atoms with Crippen LogP contribution in [0.5, 0.6) is 5.75 Å². The Morgan fingerprint density at radius 1 is 1.00 bits per heavy atom. The molecule has 0 saturated carbocycles. The van der Waals surface area contributed by atoms with Gasteiger partial charge in [0.2, 0.25) is 0 Å². The summed E-state index contributed by atoms with van der Waals surface area (Å²) in [5.41, 5.74) is 3.64. The summed E-state index contributed by atoms with van der Waals surface area (Å²) in [6.07, 6.45) is 3.21. The summed E-state index contributed by atoms with van der Waals surface area (Å²) in [6, 6.07) is 8.84. The van der Waals surface area contributed by atoms with Crippen molar-refractivity contribution in [3.05, 3.63) is 70.3 Å². The highest BCUT2D eigenvalue weighted by Crippen LogP contribution is 2.50. The van der Waals surface area contributed by atoms with E-state index in [1.807, 2.05) is 31.2 Å². The van der Waals surface area contributed by atoms with Gasteiger partial charge in [-0.1, -0.05) is 24.3 Å². The van der Waals surface area contributed by atoms with Crippen molar-refractivity contribution in [2.75, 3.05) is 46.2 Å². The number of carbonyl (C=O) groups is 1. The maximum atomic E-state index is 15.7. The van der Waals surface area contributed by atoms with E-state index < -0.39 is 36.1 Å². The monoisotopic (exact) mass is 607 g/mol. The molecule has 0 fully saturated rings. The van der Waals surface area contributed by atoms with Crippen LogP contribution in [0.15, 0.2) is 42.0 Å².